The van der Waals surface area contributed by atoms with Crippen molar-refractivity contribution in [1.29, 1.82) is 0 Å². The summed E-state index contributed by atoms with van der Waals surface area (Å²) in [6.07, 6.45) is 0. The lowest BCUT2D eigenvalue weighted by atomic mass is 9.73. The molecule has 0 bridgehead atoms. The molecule has 2 aliphatic heterocycles. The molecule has 0 aliphatic carbocycles. The van der Waals surface area contributed by atoms with Gasteiger partial charge >= 0.3 is 5.97 Å². The second kappa shape index (κ2) is 6.37. The molecule has 0 spiro atoms. The number of nitrogens with zero attached hydrogens (tertiary/aromatic N) is 3. The third kappa shape index (κ3) is 2.74. The summed E-state index contributed by atoms with van der Waals surface area (Å²) >= 11 is 0. The van der Waals surface area contributed by atoms with Gasteiger partial charge in [-0.1, -0.05) is 18.2 Å². The highest BCUT2D eigenvalue weighted by atomic mass is 16.5. The van der Waals surface area contributed by atoms with Gasteiger partial charge in [0.05, 0.1) is 5.69 Å². The predicted octanol–water partition coefficient (Wildman–Crippen LogP) is 3.14. The Bertz CT molecular complexity index is 889. The lowest BCUT2D eigenvalue weighted by Crippen LogP contribution is -2.45. The number of carboxylic acid groups (broad SMARTS) is 1. The summed E-state index contributed by atoms with van der Waals surface area (Å²) in [6, 6.07) is 8.15. The molecule has 2 aliphatic rings. The Labute approximate surface area is 159 Å². The van der Waals surface area contributed by atoms with Gasteiger partial charge in [-0.05, 0) is 39.3 Å². The van der Waals surface area contributed by atoms with Crippen molar-refractivity contribution in [2.24, 2.45) is 5.41 Å². The maximum Gasteiger partial charge on any atom is 0.315 e. The molecule has 1 aromatic carbocycles. The van der Waals surface area contributed by atoms with E-state index in [1.54, 1.807) is 0 Å². The van der Waals surface area contributed by atoms with E-state index in [1.165, 1.54) is 11.3 Å². The topological polar surface area (TPSA) is 67.6 Å². The molecule has 2 aromatic rings. The van der Waals surface area contributed by atoms with Crippen LogP contribution < -0.4 is 4.74 Å². The first-order valence-electron chi connectivity index (χ1n) is 9.55. The number of likely N-dealkylation sites (tertiary alicyclic amines) is 1. The van der Waals surface area contributed by atoms with E-state index in [-0.39, 0.29) is 12.5 Å². The fourth-order valence-electron chi connectivity index (χ4n) is 4.71. The van der Waals surface area contributed by atoms with E-state index in [0.29, 0.717) is 12.6 Å². The molecular formula is C21H27N3O3. The smallest absolute Gasteiger partial charge is 0.315 e. The Morgan fingerprint density at radius 2 is 2.11 bits per heavy atom. The van der Waals surface area contributed by atoms with Crippen molar-refractivity contribution in [2.75, 3.05) is 19.7 Å². The quantitative estimate of drug-likeness (QED) is 0.897. The van der Waals surface area contributed by atoms with Crippen molar-refractivity contribution in [2.45, 2.75) is 46.2 Å². The zero-order chi connectivity index (χ0) is 19.3. The summed E-state index contributed by atoms with van der Waals surface area (Å²) < 4.78 is 7.91. The number of hydrogen-bond acceptors (Lipinski definition) is 4. The van der Waals surface area contributed by atoms with Crippen LogP contribution in [-0.4, -0.2) is 45.5 Å². The lowest BCUT2D eigenvalue weighted by Gasteiger charge is -2.35. The zero-order valence-corrected chi connectivity index (χ0v) is 16.4. The number of aryl methyl sites for hydroxylation is 1. The van der Waals surface area contributed by atoms with E-state index >= 15 is 0 Å². The molecule has 0 amide bonds. The van der Waals surface area contributed by atoms with Gasteiger partial charge < -0.3 is 9.84 Å². The second-order valence-corrected chi connectivity index (χ2v) is 8.20. The minimum absolute atomic E-state index is 0.0549. The standard InChI is InChI=1S/C21H27N3O3/c1-13(2)24-15(4)17(14(3)22-24)9-23-10-18-16-7-5-6-8-19(16)27-12-21(18,11-23)20(25)26/h5-8,13,18H,9-12H2,1-4H3,(H,25,26)/t18-,21-/m1/s1. The summed E-state index contributed by atoms with van der Waals surface area (Å²) in [5.41, 5.74) is 3.53. The van der Waals surface area contributed by atoms with Crippen LogP contribution >= 0.6 is 0 Å². The van der Waals surface area contributed by atoms with Gasteiger partial charge in [0.25, 0.3) is 0 Å². The van der Waals surface area contributed by atoms with E-state index in [2.05, 4.69) is 35.5 Å². The number of fused-ring (bicyclic) bond motifs is 3. The summed E-state index contributed by atoms with van der Waals surface area (Å²) in [5.74, 6) is -0.00209. The fraction of sp³-hybridized carbons (Fsp3) is 0.524. The SMILES string of the molecule is Cc1nn(C(C)C)c(C)c1CN1C[C@@H]2c3ccccc3OC[C@]2(C(=O)O)C1. The first-order chi connectivity index (χ1) is 12.8. The molecule has 1 fully saturated rings. The summed E-state index contributed by atoms with van der Waals surface area (Å²) in [6.45, 7) is 10.6. The van der Waals surface area contributed by atoms with E-state index in [1.807, 2.05) is 31.2 Å². The van der Waals surface area contributed by atoms with Crippen molar-refractivity contribution >= 4 is 5.97 Å². The van der Waals surface area contributed by atoms with Crippen molar-refractivity contribution in [1.82, 2.24) is 14.7 Å². The molecule has 1 saturated heterocycles. The highest BCUT2D eigenvalue weighted by molar-refractivity contribution is 5.78. The maximum absolute atomic E-state index is 12.3. The van der Waals surface area contributed by atoms with Crippen LogP contribution in [0.15, 0.2) is 24.3 Å². The van der Waals surface area contributed by atoms with Crippen LogP contribution in [0.5, 0.6) is 5.75 Å². The summed E-state index contributed by atoms with van der Waals surface area (Å²) in [5, 5.41) is 14.8. The number of aliphatic carboxylic acids is 1. The van der Waals surface area contributed by atoms with Crippen LogP contribution in [0.25, 0.3) is 0 Å². The molecule has 2 atom stereocenters. The first-order valence-corrected chi connectivity index (χ1v) is 9.55. The van der Waals surface area contributed by atoms with Crippen molar-refractivity contribution in [3.8, 4) is 5.75 Å². The van der Waals surface area contributed by atoms with E-state index in [4.69, 9.17) is 4.74 Å². The molecule has 1 aromatic heterocycles. The van der Waals surface area contributed by atoms with Crippen molar-refractivity contribution < 1.29 is 14.6 Å². The van der Waals surface area contributed by atoms with Crippen LogP contribution in [-0.2, 0) is 11.3 Å². The third-order valence-corrected chi connectivity index (χ3v) is 6.16. The Morgan fingerprint density at radius 3 is 2.78 bits per heavy atom. The minimum Gasteiger partial charge on any atom is -0.492 e. The first kappa shape index (κ1) is 18.0. The van der Waals surface area contributed by atoms with E-state index in [0.717, 1.165) is 30.1 Å². The number of benzene rings is 1. The maximum atomic E-state index is 12.3. The molecule has 0 saturated carbocycles. The number of para-hydroxylation sites is 1. The minimum atomic E-state index is -0.885. The molecule has 3 heterocycles. The average molecular weight is 369 g/mol. The molecule has 0 unspecified atom stereocenters. The van der Waals surface area contributed by atoms with Crippen LogP contribution in [0.2, 0.25) is 0 Å². The normalized spacial score (nSPS) is 24.6. The monoisotopic (exact) mass is 369 g/mol. The molecule has 0 radical (unpaired) electrons. The number of carbonyl (C=O) groups is 1. The van der Waals surface area contributed by atoms with Gasteiger partial charge in [-0.15, -0.1) is 0 Å². The van der Waals surface area contributed by atoms with Gasteiger partial charge in [-0.25, -0.2) is 0 Å². The fourth-order valence-corrected chi connectivity index (χ4v) is 4.71. The van der Waals surface area contributed by atoms with Gasteiger partial charge in [0.2, 0.25) is 0 Å². The van der Waals surface area contributed by atoms with Crippen molar-refractivity contribution in [3.05, 3.63) is 46.8 Å². The van der Waals surface area contributed by atoms with Gasteiger partial charge in [0, 0.05) is 42.9 Å². The second-order valence-electron chi connectivity index (χ2n) is 8.20. The Hall–Kier alpha value is -2.34. The van der Waals surface area contributed by atoms with Crippen LogP contribution in [0.3, 0.4) is 0 Å². The Balaban J connectivity index is 1.66. The molecule has 144 valence electrons. The Morgan fingerprint density at radius 1 is 1.37 bits per heavy atom. The number of carboxylic acids is 1. The van der Waals surface area contributed by atoms with Gasteiger partial charge in [-0.2, -0.15) is 5.10 Å². The average Bonchev–Trinajstić information content (AvgIpc) is 3.15. The van der Waals surface area contributed by atoms with Crippen LogP contribution in [0.4, 0.5) is 0 Å². The van der Waals surface area contributed by atoms with Crippen LogP contribution in [0.1, 0.15) is 48.3 Å². The molecule has 6 nitrogen and oxygen atoms in total. The van der Waals surface area contributed by atoms with Gasteiger partial charge in [0.15, 0.2) is 0 Å². The van der Waals surface area contributed by atoms with Gasteiger partial charge in [-0.3, -0.25) is 14.4 Å². The molecule has 6 heteroatoms. The highest BCUT2D eigenvalue weighted by Crippen LogP contribution is 2.50. The predicted molar refractivity (Wildman–Crippen MR) is 102 cm³/mol. The number of ether oxygens (including phenoxy) is 1. The van der Waals surface area contributed by atoms with Gasteiger partial charge in [0.1, 0.15) is 17.8 Å². The number of aromatic nitrogens is 2. The van der Waals surface area contributed by atoms with E-state index < -0.39 is 11.4 Å². The summed E-state index contributed by atoms with van der Waals surface area (Å²) in [4.78, 5) is 14.5. The molecule has 1 N–H and O–H groups in total. The number of hydrogen-bond donors (Lipinski definition) is 1. The number of rotatable bonds is 4. The molecule has 27 heavy (non-hydrogen) atoms. The van der Waals surface area contributed by atoms with Crippen LogP contribution in [0, 0.1) is 19.3 Å². The zero-order valence-electron chi connectivity index (χ0n) is 16.4. The van der Waals surface area contributed by atoms with Crippen molar-refractivity contribution in [3.63, 3.8) is 0 Å². The highest BCUT2D eigenvalue weighted by Gasteiger charge is 2.56. The molecular weight excluding hydrogens is 342 g/mol. The summed E-state index contributed by atoms with van der Waals surface area (Å²) in [7, 11) is 0. The Kier molecular flexibility index (Phi) is 4.26. The lowest BCUT2D eigenvalue weighted by molar-refractivity contribution is -0.151. The third-order valence-electron chi connectivity index (χ3n) is 6.16. The van der Waals surface area contributed by atoms with E-state index in [9.17, 15) is 9.90 Å². The largest absolute Gasteiger partial charge is 0.492 e. The molecule has 4 rings (SSSR count).